The lowest BCUT2D eigenvalue weighted by Crippen LogP contribution is -2.55. The van der Waals surface area contributed by atoms with Crippen molar-refractivity contribution < 1.29 is 9.90 Å². The Balaban J connectivity index is 1.92. The molecule has 4 aliphatic rings. The van der Waals surface area contributed by atoms with E-state index in [0.717, 1.165) is 37.0 Å². The van der Waals surface area contributed by atoms with Crippen LogP contribution in [0.2, 0.25) is 0 Å². The second-order valence-corrected chi connectivity index (χ2v) is 6.88. The lowest BCUT2D eigenvalue weighted by atomic mass is 9.45. The minimum Gasteiger partial charge on any atom is -0.481 e. The highest BCUT2D eigenvalue weighted by Gasteiger charge is 2.58. The predicted molar refractivity (Wildman–Crippen MR) is 62.0 cm³/mol. The van der Waals surface area contributed by atoms with Crippen LogP contribution in [0.1, 0.15) is 46.0 Å². The third kappa shape index (κ3) is 1.28. The van der Waals surface area contributed by atoms with E-state index < -0.39 is 5.97 Å². The lowest BCUT2D eigenvalue weighted by Gasteiger charge is -2.59. The van der Waals surface area contributed by atoms with Gasteiger partial charge in [-0.1, -0.05) is 13.8 Å². The van der Waals surface area contributed by atoms with Crippen LogP contribution in [0.4, 0.5) is 0 Å². The fraction of sp³-hybridized carbons (Fsp3) is 0.929. The fourth-order valence-electron chi connectivity index (χ4n) is 5.41. The second kappa shape index (κ2) is 3.24. The van der Waals surface area contributed by atoms with E-state index in [1.165, 1.54) is 12.8 Å². The zero-order chi connectivity index (χ0) is 11.5. The molecule has 0 heterocycles. The van der Waals surface area contributed by atoms with Crippen molar-refractivity contribution in [3.05, 3.63) is 0 Å². The molecule has 16 heavy (non-hydrogen) atoms. The van der Waals surface area contributed by atoms with Crippen LogP contribution in [-0.2, 0) is 4.79 Å². The molecule has 2 nitrogen and oxygen atoms in total. The average molecular weight is 222 g/mol. The number of hydrogen-bond acceptors (Lipinski definition) is 1. The lowest BCUT2D eigenvalue weighted by molar-refractivity contribution is -0.173. The standard InChI is InChI=1S/C14H22O2/c1-8(2)12-10-3-9-4-11(12)7-14(5-9,6-10)13(15)16/h8-12H,3-7H2,1-2H3,(H,15,16). The molecule has 0 saturated heterocycles. The van der Waals surface area contributed by atoms with Gasteiger partial charge in [0, 0.05) is 0 Å². The minimum atomic E-state index is -0.505. The van der Waals surface area contributed by atoms with Crippen molar-refractivity contribution in [1.29, 1.82) is 0 Å². The monoisotopic (exact) mass is 222 g/mol. The first-order valence-corrected chi connectivity index (χ1v) is 6.75. The van der Waals surface area contributed by atoms with Gasteiger partial charge in [0.2, 0.25) is 0 Å². The van der Waals surface area contributed by atoms with Crippen LogP contribution in [0.3, 0.4) is 0 Å². The molecule has 4 aliphatic carbocycles. The fourth-order valence-corrected chi connectivity index (χ4v) is 5.41. The van der Waals surface area contributed by atoms with E-state index in [9.17, 15) is 9.90 Å². The van der Waals surface area contributed by atoms with Crippen LogP contribution < -0.4 is 0 Å². The molecule has 0 aliphatic heterocycles. The number of carboxylic acids is 1. The summed E-state index contributed by atoms with van der Waals surface area (Å²) in [6.07, 6.45) is 5.54. The van der Waals surface area contributed by atoms with Crippen LogP contribution >= 0.6 is 0 Å². The Hall–Kier alpha value is -0.530. The molecule has 4 rings (SSSR count). The topological polar surface area (TPSA) is 37.3 Å². The average Bonchev–Trinajstić information content (AvgIpc) is 2.14. The summed E-state index contributed by atoms with van der Waals surface area (Å²) in [4.78, 5) is 11.5. The minimum absolute atomic E-state index is 0.318. The quantitative estimate of drug-likeness (QED) is 0.779. The molecular formula is C14H22O2. The molecule has 0 aromatic carbocycles. The van der Waals surface area contributed by atoms with Crippen molar-refractivity contribution >= 4 is 5.97 Å². The molecule has 90 valence electrons. The maximum atomic E-state index is 11.5. The number of rotatable bonds is 2. The Morgan fingerprint density at radius 3 is 2.19 bits per heavy atom. The predicted octanol–water partition coefficient (Wildman–Crippen LogP) is 3.17. The first kappa shape index (κ1) is 10.6. The van der Waals surface area contributed by atoms with Crippen LogP contribution in [0.15, 0.2) is 0 Å². The maximum Gasteiger partial charge on any atom is 0.309 e. The highest BCUT2D eigenvalue weighted by Crippen LogP contribution is 2.63. The zero-order valence-electron chi connectivity index (χ0n) is 10.3. The third-order valence-electron chi connectivity index (χ3n) is 5.57. The summed E-state index contributed by atoms with van der Waals surface area (Å²) in [6, 6.07) is 0. The van der Waals surface area contributed by atoms with E-state index in [2.05, 4.69) is 13.8 Å². The first-order chi connectivity index (χ1) is 7.52. The van der Waals surface area contributed by atoms with E-state index in [1.54, 1.807) is 0 Å². The summed E-state index contributed by atoms with van der Waals surface area (Å²) in [5.74, 6) is 3.19. The Kier molecular flexibility index (Phi) is 2.15. The number of aliphatic carboxylic acids is 1. The smallest absolute Gasteiger partial charge is 0.309 e. The van der Waals surface area contributed by atoms with Crippen LogP contribution in [0, 0.1) is 35.0 Å². The van der Waals surface area contributed by atoms with Gasteiger partial charge in [0.25, 0.3) is 0 Å². The van der Waals surface area contributed by atoms with Gasteiger partial charge >= 0.3 is 5.97 Å². The van der Waals surface area contributed by atoms with Crippen molar-refractivity contribution in [3.63, 3.8) is 0 Å². The Bertz CT molecular complexity index is 305. The van der Waals surface area contributed by atoms with Crippen molar-refractivity contribution in [2.45, 2.75) is 46.0 Å². The molecule has 2 unspecified atom stereocenters. The van der Waals surface area contributed by atoms with Gasteiger partial charge in [-0.25, -0.2) is 0 Å². The van der Waals surface area contributed by atoms with E-state index in [0.29, 0.717) is 11.8 Å². The second-order valence-electron chi connectivity index (χ2n) is 6.88. The van der Waals surface area contributed by atoms with Gasteiger partial charge in [-0.15, -0.1) is 0 Å². The Morgan fingerprint density at radius 2 is 1.75 bits per heavy atom. The van der Waals surface area contributed by atoms with Gasteiger partial charge in [0.15, 0.2) is 0 Å². The van der Waals surface area contributed by atoms with Crippen molar-refractivity contribution in [3.8, 4) is 0 Å². The molecule has 0 aromatic rings. The molecule has 0 spiro atoms. The van der Waals surface area contributed by atoms with E-state index in [1.807, 2.05) is 0 Å². The van der Waals surface area contributed by atoms with E-state index in [-0.39, 0.29) is 5.41 Å². The summed E-state index contributed by atoms with van der Waals surface area (Å²) in [5.41, 5.74) is -0.318. The largest absolute Gasteiger partial charge is 0.481 e. The summed E-state index contributed by atoms with van der Waals surface area (Å²) in [7, 11) is 0. The van der Waals surface area contributed by atoms with E-state index >= 15 is 0 Å². The van der Waals surface area contributed by atoms with Crippen LogP contribution in [-0.4, -0.2) is 11.1 Å². The molecule has 4 saturated carbocycles. The molecule has 2 heteroatoms. The van der Waals surface area contributed by atoms with Crippen molar-refractivity contribution in [2.24, 2.45) is 35.0 Å². The number of carboxylic acid groups (broad SMARTS) is 1. The maximum absolute atomic E-state index is 11.5. The van der Waals surface area contributed by atoms with Crippen LogP contribution in [0.5, 0.6) is 0 Å². The van der Waals surface area contributed by atoms with Gasteiger partial charge in [0.05, 0.1) is 5.41 Å². The number of hydrogen-bond donors (Lipinski definition) is 1. The van der Waals surface area contributed by atoms with Crippen molar-refractivity contribution in [2.75, 3.05) is 0 Å². The summed E-state index contributed by atoms with van der Waals surface area (Å²) in [6.45, 7) is 4.64. The SMILES string of the molecule is CC(C)C1C2CC3CC1CC(C(=O)O)(C3)C2. The molecule has 0 radical (unpaired) electrons. The highest BCUT2D eigenvalue weighted by molar-refractivity contribution is 5.75. The van der Waals surface area contributed by atoms with Gasteiger partial charge in [-0.05, 0) is 61.7 Å². The molecule has 4 bridgehead atoms. The van der Waals surface area contributed by atoms with Crippen molar-refractivity contribution in [1.82, 2.24) is 0 Å². The number of carbonyl (C=O) groups is 1. The Morgan fingerprint density at radius 1 is 1.19 bits per heavy atom. The normalized spacial score (nSPS) is 49.9. The van der Waals surface area contributed by atoms with Gasteiger partial charge in [-0.3, -0.25) is 4.79 Å². The van der Waals surface area contributed by atoms with Crippen LogP contribution in [0.25, 0.3) is 0 Å². The molecule has 0 aromatic heterocycles. The molecule has 1 N–H and O–H groups in total. The highest BCUT2D eigenvalue weighted by atomic mass is 16.4. The molecule has 2 atom stereocenters. The Labute approximate surface area is 97.4 Å². The summed E-state index contributed by atoms with van der Waals surface area (Å²) >= 11 is 0. The molecule has 4 fully saturated rings. The molecule has 0 amide bonds. The van der Waals surface area contributed by atoms with Gasteiger partial charge in [0.1, 0.15) is 0 Å². The van der Waals surface area contributed by atoms with E-state index in [4.69, 9.17) is 0 Å². The molecular weight excluding hydrogens is 200 g/mol. The van der Waals surface area contributed by atoms with Gasteiger partial charge < -0.3 is 5.11 Å². The third-order valence-corrected chi connectivity index (χ3v) is 5.57. The first-order valence-electron chi connectivity index (χ1n) is 6.75. The summed E-state index contributed by atoms with van der Waals surface area (Å²) < 4.78 is 0. The van der Waals surface area contributed by atoms with Gasteiger partial charge in [-0.2, -0.15) is 0 Å². The zero-order valence-corrected chi connectivity index (χ0v) is 10.3. The summed E-state index contributed by atoms with van der Waals surface area (Å²) in [5, 5.41) is 9.50.